The average molecular weight is 369 g/mol. The van der Waals surface area contributed by atoms with Gasteiger partial charge in [-0.15, -0.1) is 0 Å². The molecule has 0 amide bonds. The van der Waals surface area contributed by atoms with Crippen LogP contribution in [0.5, 0.6) is 11.5 Å². The van der Waals surface area contributed by atoms with Crippen LogP contribution < -0.4 is 9.47 Å². The summed E-state index contributed by atoms with van der Waals surface area (Å²) in [6, 6.07) is 12.0. The molecule has 4 nitrogen and oxygen atoms in total. The molecule has 0 aliphatic rings. The van der Waals surface area contributed by atoms with Gasteiger partial charge in [0, 0.05) is 33.8 Å². The van der Waals surface area contributed by atoms with Gasteiger partial charge in [-0.05, 0) is 12.1 Å². The van der Waals surface area contributed by atoms with Crippen LogP contribution in [0.25, 0.3) is 10.8 Å². The molecule has 0 spiro atoms. The molecule has 0 saturated heterocycles. The standard InChI is InChI=1S/C18H24O4S2/c19-7-11-23-13-9-21-17-5-1-3-15-16(17)4-2-6-18(15)22-10-14-24-12-8-20/h1-6,19-20H,7-14H2. The van der Waals surface area contributed by atoms with Gasteiger partial charge >= 0.3 is 0 Å². The molecule has 24 heavy (non-hydrogen) atoms. The van der Waals surface area contributed by atoms with E-state index >= 15 is 0 Å². The maximum Gasteiger partial charge on any atom is 0.127 e. The fourth-order valence-corrected chi connectivity index (χ4v) is 3.33. The summed E-state index contributed by atoms with van der Waals surface area (Å²) in [7, 11) is 0. The van der Waals surface area contributed by atoms with E-state index in [1.807, 2.05) is 36.4 Å². The summed E-state index contributed by atoms with van der Waals surface area (Å²) < 4.78 is 11.8. The number of aliphatic hydroxyl groups is 2. The third-order valence-corrected chi connectivity index (χ3v) is 5.14. The lowest BCUT2D eigenvalue weighted by Gasteiger charge is -2.12. The molecule has 0 bridgehead atoms. The van der Waals surface area contributed by atoms with Crippen molar-refractivity contribution in [1.29, 1.82) is 0 Å². The van der Waals surface area contributed by atoms with Gasteiger partial charge in [0.1, 0.15) is 11.5 Å². The number of benzene rings is 2. The summed E-state index contributed by atoms with van der Waals surface area (Å²) in [5.74, 6) is 4.91. The van der Waals surface area contributed by atoms with E-state index in [1.54, 1.807) is 23.5 Å². The predicted molar refractivity (Wildman–Crippen MR) is 104 cm³/mol. The molecule has 0 aliphatic heterocycles. The molecule has 0 heterocycles. The number of fused-ring (bicyclic) bond motifs is 1. The van der Waals surface area contributed by atoms with E-state index in [0.29, 0.717) is 13.2 Å². The minimum Gasteiger partial charge on any atom is -0.492 e. The van der Waals surface area contributed by atoms with Crippen LogP contribution in [-0.4, -0.2) is 59.7 Å². The van der Waals surface area contributed by atoms with Crippen molar-refractivity contribution in [3.8, 4) is 11.5 Å². The Hall–Kier alpha value is -1.08. The predicted octanol–water partition coefficient (Wildman–Crippen LogP) is 3.05. The molecule has 0 aromatic heterocycles. The molecule has 0 radical (unpaired) electrons. The minimum absolute atomic E-state index is 0.205. The molecule has 6 heteroatoms. The van der Waals surface area contributed by atoms with Gasteiger partial charge in [0.25, 0.3) is 0 Å². The number of ether oxygens (including phenoxy) is 2. The Kier molecular flexibility index (Phi) is 9.20. The normalized spacial score (nSPS) is 10.9. The van der Waals surface area contributed by atoms with Gasteiger partial charge in [0.2, 0.25) is 0 Å². The van der Waals surface area contributed by atoms with Crippen LogP contribution in [0, 0.1) is 0 Å². The third kappa shape index (κ3) is 6.09. The van der Waals surface area contributed by atoms with Gasteiger partial charge in [-0.1, -0.05) is 24.3 Å². The zero-order valence-electron chi connectivity index (χ0n) is 13.6. The molecular weight excluding hydrogens is 344 g/mol. The second kappa shape index (κ2) is 11.5. The molecule has 0 atom stereocenters. The highest BCUT2D eigenvalue weighted by atomic mass is 32.2. The summed E-state index contributed by atoms with van der Waals surface area (Å²) in [6.45, 7) is 1.64. The fraction of sp³-hybridized carbons (Fsp3) is 0.444. The summed E-state index contributed by atoms with van der Waals surface area (Å²) in [6.07, 6.45) is 0. The molecule has 2 rings (SSSR count). The van der Waals surface area contributed by atoms with Crippen LogP contribution >= 0.6 is 23.5 Å². The molecule has 0 unspecified atom stereocenters. The van der Waals surface area contributed by atoms with Crippen LogP contribution in [0.2, 0.25) is 0 Å². The largest absolute Gasteiger partial charge is 0.492 e. The van der Waals surface area contributed by atoms with Crippen molar-refractivity contribution in [1.82, 2.24) is 0 Å². The Labute approximate surface area is 151 Å². The third-order valence-electron chi connectivity index (χ3n) is 3.28. The number of hydrogen-bond donors (Lipinski definition) is 2. The van der Waals surface area contributed by atoms with Crippen molar-refractivity contribution in [3.05, 3.63) is 36.4 Å². The first-order valence-electron chi connectivity index (χ1n) is 8.01. The monoisotopic (exact) mass is 368 g/mol. The lowest BCUT2D eigenvalue weighted by molar-refractivity contribution is 0.321. The first-order chi connectivity index (χ1) is 11.9. The number of aliphatic hydroxyl groups excluding tert-OH is 2. The molecule has 132 valence electrons. The lowest BCUT2D eigenvalue weighted by Crippen LogP contribution is -2.03. The SMILES string of the molecule is OCCSCCOc1cccc2c(OCCSCCO)cccc12. The van der Waals surface area contributed by atoms with Crippen molar-refractivity contribution < 1.29 is 19.7 Å². The summed E-state index contributed by atoms with van der Waals surface area (Å²) >= 11 is 3.36. The van der Waals surface area contributed by atoms with E-state index in [1.165, 1.54) is 0 Å². The van der Waals surface area contributed by atoms with E-state index in [0.717, 1.165) is 45.3 Å². The van der Waals surface area contributed by atoms with Crippen LogP contribution in [0.15, 0.2) is 36.4 Å². The molecule has 0 aliphatic carbocycles. The molecule has 2 aromatic rings. The van der Waals surface area contributed by atoms with Gasteiger partial charge in [0.15, 0.2) is 0 Å². The van der Waals surface area contributed by atoms with Crippen LogP contribution in [0.3, 0.4) is 0 Å². The van der Waals surface area contributed by atoms with Gasteiger partial charge < -0.3 is 19.7 Å². The second-order valence-corrected chi connectivity index (χ2v) is 7.43. The van der Waals surface area contributed by atoms with E-state index in [-0.39, 0.29) is 13.2 Å². The first kappa shape index (κ1) is 19.2. The highest BCUT2D eigenvalue weighted by Gasteiger charge is 2.07. The molecular formula is C18H24O4S2. The van der Waals surface area contributed by atoms with E-state index < -0.39 is 0 Å². The Morgan fingerprint density at radius 1 is 0.667 bits per heavy atom. The topological polar surface area (TPSA) is 58.9 Å². The Balaban J connectivity index is 1.97. The summed E-state index contributed by atoms with van der Waals surface area (Å²) in [4.78, 5) is 0. The number of rotatable bonds is 12. The van der Waals surface area contributed by atoms with E-state index in [4.69, 9.17) is 19.7 Å². The summed E-state index contributed by atoms with van der Waals surface area (Å²) in [5, 5.41) is 19.7. The zero-order valence-corrected chi connectivity index (χ0v) is 15.3. The molecule has 2 aromatic carbocycles. The highest BCUT2D eigenvalue weighted by molar-refractivity contribution is 7.99. The highest BCUT2D eigenvalue weighted by Crippen LogP contribution is 2.32. The smallest absolute Gasteiger partial charge is 0.127 e. The van der Waals surface area contributed by atoms with Gasteiger partial charge in [-0.3, -0.25) is 0 Å². The molecule has 2 N–H and O–H groups in total. The minimum atomic E-state index is 0.205. The van der Waals surface area contributed by atoms with Crippen molar-refractivity contribution >= 4 is 34.3 Å². The van der Waals surface area contributed by atoms with Gasteiger partial charge in [-0.25, -0.2) is 0 Å². The summed E-state index contributed by atoms with van der Waals surface area (Å²) in [5.41, 5.74) is 0. The molecule has 0 saturated carbocycles. The zero-order chi connectivity index (χ0) is 17.0. The fourth-order valence-electron chi connectivity index (χ4n) is 2.26. The maximum atomic E-state index is 8.78. The Bertz CT molecular complexity index is 553. The van der Waals surface area contributed by atoms with Crippen LogP contribution in [0.1, 0.15) is 0 Å². The van der Waals surface area contributed by atoms with Crippen LogP contribution in [0.4, 0.5) is 0 Å². The molecule has 0 fully saturated rings. The van der Waals surface area contributed by atoms with Crippen molar-refractivity contribution in [2.45, 2.75) is 0 Å². The number of thioether (sulfide) groups is 2. The lowest BCUT2D eigenvalue weighted by atomic mass is 10.1. The van der Waals surface area contributed by atoms with E-state index in [2.05, 4.69) is 0 Å². The van der Waals surface area contributed by atoms with Crippen molar-refractivity contribution in [2.24, 2.45) is 0 Å². The quantitative estimate of drug-likeness (QED) is 0.562. The van der Waals surface area contributed by atoms with Crippen LogP contribution in [-0.2, 0) is 0 Å². The maximum absolute atomic E-state index is 8.78. The first-order valence-corrected chi connectivity index (χ1v) is 10.3. The van der Waals surface area contributed by atoms with Gasteiger partial charge in [0.05, 0.1) is 26.4 Å². The second-order valence-electron chi connectivity index (χ2n) is 4.98. The van der Waals surface area contributed by atoms with Crippen molar-refractivity contribution in [3.63, 3.8) is 0 Å². The average Bonchev–Trinajstić information content (AvgIpc) is 2.61. The Morgan fingerprint density at radius 3 is 1.54 bits per heavy atom. The van der Waals surface area contributed by atoms with Gasteiger partial charge in [-0.2, -0.15) is 23.5 Å². The Morgan fingerprint density at radius 2 is 1.12 bits per heavy atom. The van der Waals surface area contributed by atoms with Crippen molar-refractivity contribution in [2.75, 3.05) is 49.4 Å². The number of hydrogen-bond acceptors (Lipinski definition) is 6. The van der Waals surface area contributed by atoms with E-state index in [9.17, 15) is 0 Å².